The Morgan fingerprint density at radius 1 is 0.931 bits per heavy atom. The highest BCUT2D eigenvalue weighted by Gasteiger charge is 2.17. The van der Waals surface area contributed by atoms with E-state index in [9.17, 15) is 13.9 Å². The van der Waals surface area contributed by atoms with Gasteiger partial charge in [-0.15, -0.1) is 0 Å². The third-order valence-corrected chi connectivity index (χ3v) is 5.06. The van der Waals surface area contributed by atoms with Crippen LogP contribution in [0.2, 0.25) is 0 Å². The van der Waals surface area contributed by atoms with Crippen LogP contribution in [0.4, 0.5) is 8.78 Å². The first kappa shape index (κ1) is 17.4. The molecule has 0 bridgehead atoms. The molecule has 0 unspecified atom stereocenters. The summed E-state index contributed by atoms with van der Waals surface area (Å²) in [5.41, 5.74) is 2.20. The lowest BCUT2D eigenvalue weighted by Crippen LogP contribution is -2.02. The minimum atomic E-state index is -0.549. The van der Waals surface area contributed by atoms with Gasteiger partial charge in [0.15, 0.2) is 0 Å². The summed E-state index contributed by atoms with van der Waals surface area (Å²) in [6, 6.07) is 11.2. The van der Waals surface area contributed by atoms with E-state index in [1.807, 2.05) is 6.07 Å². The van der Waals surface area contributed by atoms with Crippen LogP contribution >= 0.6 is 0 Å². The highest BCUT2D eigenvalue weighted by atomic mass is 19.1. The normalized spacial score (nSPS) is 11.6. The molecule has 7 heteroatoms. The molecular weight excluding hydrogens is 374 g/mol. The molecule has 0 saturated carbocycles. The number of hydrogen-bond donors (Lipinski definition) is 1. The zero-order chi connectivity index (χ0) is 20.1. The van der Waals surface area contributed by atoms with Gasteiger partial charge in [-0.2, -0.15) is 5.10 Å². The summed E-state index contributed by atoms with van der Waals surface area (Å²) in [6.45, 7) is -0.0116. The van der Waals surface area contributed by atoms with E-state index in [-0.39, 0.29) is 23.6 Å². The molecule has 0 saturated heterocycles. The smallest absolute Gasteiger partial charge is 0.201 e. The highest BCUT2D eigenvalue weighted by Crippen LogP contribution is 2.32. The maximum atomic E-state index is 15.0. The van der Waals surface area contributed by atoms with Crippen molar-refractivity contribution in [1.29, 1.82) is 0 Å². The summed E-state index contributed by atoms with van der Waals surface area (Å²) >= 11 is 0. The van der Waals surface area contributed by atoms with Crippen LogP contribution in [0, 0.1) is 11.6 Å². The van der Waals surface area contributed by atoms with E-state index in [1.165, 1.54) is 16.7 Å². The van der Waals surface area contributed by atoms with Crippen molar-refractivity contribution in [2.24, 2.45) is 7.05 Å². The predicted octanol–water partition coefficient (Wildman–Crippen LogP) is 4.62. The van der Waals surface area contributed by atoms with Gasteiger partial charge in [-0.1, -0.05) is 12.1 Å². The summed E-state index contributed by atoms with van der Waals surface area (Å²) in [7, 11) is 1.78. The van der Waals surface area contributed by atoms with E-state index in [2.05, 4.69) is 10.1 Å². The zero-order valence-electron chi connectivity index (χ0n) is 15.5. The van der Waals surface area contributed by atoms with Gasteiger partial charge < -0.3 is 9.67 Å². The molecule has 29 heavy (non-hydrogen) atoms. The number of hydrogen-bond acceptors (Lipinski definition) is 3. The standard InChI is InChI=1S/C22H16F2N4O/c1-27-11-17-14(4-2-6-20(17)26-27)16-9-18(23)13(8-19(16)24)10-28-12-21-15(22(28)29)5-3-7-25-21/h2-9,11-12,29H,10H2,1H3. The third kappa shape index (κ3) is 2.82. The monoisotopic (exact) mass is 390 g/mol. The van der Waals surface area contributed by atoms with Crippen LogP contribution in [0.5, 0.6) is 5.88 Å². The largest absolute Gasteiger partial charge is 0.494 e. The molecule has 144 valence electrons. The maximum absolute atomic E-state index is 15.0. The van der Waals surface area contributed by atoms with Crippen molar-refractivity contribution < 1.29 is 13.9 Å². The summed E-state index contributed by atoms with van der Waals surface area (Å²) in [5.74, 6) is -1.11. The van der Waals surface area contributed by atoms with Crippen molar-refractivity contribution in [3.05, 3.63) is 78.3 Å². The number of rotatable bonds is 3. The Labute approximate surface area is 164 Å². The lowest BCUT2D eigenvalue weighted by molar-refractivity contribution is 0.428. The van der Waals surface area contributed by atoms with Crippen molar-refractivity contribution in [1.82, 2.24) is 19.3 Å². The van der Waals surface area contributed by atoms with Crippen molar-refractivity contribution in [3.8, 4) is 17.0 Å². The van der Waals surface area contributed by atoms with Crippen LogP contribution in [0.3, 0.4) is 0 Å². The van der Waals surface area contributed by atoms with E-state index in [4.69, 9.17) is 0 Å². The van der Waals surface area contributed by atoms with Crippen LogP contribution < -0.4 is 0 Å². The summed E-state index contributed by atoms with van der Waals surface area (Å²) in [5, 5.41) is 16.0. The number of aromatic nitrogens is 4. The second-order valence-corrected chi connectivity index (χ2v) is 6.98. The first-order valence-electron chi connectivity index (χ1n) is 9.05. The average molecular weight is 390 g/mol. The van der Waals surface area contributed by atoms with Crippen LogP contribution in [0.1, 0.15) is 5.56 Å². The SMILES string of the molecule is Cn1cc2c(-c3cc(F)c(Cn4cc5ncccc5c4O)cc3F)cccc2n1. The first-order valence-corrected chi connectivity index (χ1v) is 9.05. The van der Waals surface area contributed by atoms with E-state index in [0.29, 0.717) is 22.0 Å². The Bertz CT molecular complexity index is 1390. The zero-order valence-corrected chi connectivity index (χ0v) is 15.5. The molecule has 5 nitrogen and oxygen atoms in total. The maximum Gasteiger partial charge on any atom is 0.201 e. The quantitative estimate of drug-likeness (QED) is 0.489. The molecule has 5 rings (SSSR count). The lowest BCUT2D eigenvalue weighted by atomic mass is 9.99. The molecule has 3 heterocycles. The third-order valence-electron chi connectivity index (χ3n) is 5.06. The van der Waals surface area contributed by atoms with Gasteiger partial charge in [0.2, 0.25) is 5.88 Å². The highest BCUT2D eigenvalue weighted by molar-refractivity contribution is 5.94. The Morgan fingerprint density at radius 2 is 1.79 bits per heavy atom. The number of fused-ring (bicyclic) bond motifs is 2. The van der Waals surface area contributed by atoms with Crippen LogP contribution in [0.25, 0.3) is 32.9 Å². The van der Waals surface area contributed by atoms with Gasteiger partial charge in [-0.05, 0) is 35.9 Å². The molecule has 0 amide bonds. The second kappa shape index (κ2) is 6.41. The summed E-state index contributed by atoms with van der Waals surface area (Å²) in [4.78, 5) is 4.17. The summed E-state index contributed by atoms with van der Waals surface area (Å²) < 4.78 is 33.0. The second-order valence-electron chi connectivity index (χ2n) is 6.98. The van der Waals surface area contributed by atoms with Crippen LogP contribution in [-0.4, -0.2) is 24.4 Å². The van der Waals surface area contributed by atoms with E-state index in [1.54, 1.807) is 54.6 Å². The topological polar surface area (TPSA) is 55.9 Å². The Morgan fingerprint density at radius 3 is 2.62 bits per heavy atom. The van der Waals surface area contributed by atoms with Crippen molar-refractivity contribution in [2.45, 2.75) is 6.54 Å². The first-order chi connectivity index (χ1) is 14.0. The van der Waals surface area contributed by atoms with Gasteiger partial charge in [-0.3, -0.25) is 9.67 Å². The predicted molar refractivity (Wildman–Crippen MR) is 107 cm³/mol. The van der Waals surface area contributed by atoms with Crippen molar-refractivity contribution >= 4 is 21.8 Å². The van der Waals surface area contributed by atoms with Crippen LogP contribution in [0.15, 0.2) is 61.1 Å². The van der Waals surface area contributed by atoms with Gasteiger partial charge in [0, 0.05) is 42.2 Å². The van der Waals surface area contributed by atoms with Gasteiger partial charge in [0.1, 0.15) is 11.6 Å². The van der Waals surface area contributed by atoms with E-state index >= 15 is 0 Å². The molecule has 0 fully saturated rings. The minimum Gasteiger partial charge on any atom is -0.494 e. The fourth-order valence-electron chi connectivity index (χ4n) is 3.69. The number of halogens is 2. The molecule has 2 aromatic carbocycles. The molecule has 0 atom stereocenters. The van der Waals surface area contributed by atoms with Gasteiger partial charge >= 0.3 is 0 Å². The number of pyridine rings is 1. The molecule has 1 N–H and O–H groups in total. The molecular formula is C22H16F2N4O. The number of benzene rings is 2. The molecule has 0 aliphatic rings. The average Bonchev–Trinajstić information content (AvgIpc) is 3.24. The van der Waals surface area contributed by atoms with Crippen LogP contribution in [-0.2, 0) is 13.6 Å². The number of aromatic hydroxyl groups is 1. The molecule has 0 radical (unpaired) electrons. The van der Waals surface area contributed by atoms with E-state index < -0.39 is 11.6 Å². The van der Waals surface area contributed by atoms with Gasteiger partial charge in [-0.25, -0.2) is 8.78 Å². The number of nitrogens with zero attached hydrogens (tertiary/aromatic N) is 4. The minimum absolute atomic E-state index is 0.0116. The Kier molecular flexibility index (Phi) is 3.84. The fraction of sp³-hybridized carbons (Fsp3) is 0.0909. The van der Waals surface area contributed by atoms with Crippen molar-refractivity contribution in [3.63, 3.8) is 0 Å². The summed E-state index contributed by atoms with van der Waals surface area (Å²) in [6.07, 6.45) is 5.01. The van der Waals surface area contributed by atoms with Crippen molar-refractivity contribution in [2.75, 3.05) is 0 Å². The molecule has 0 aliphatic heterocycles. The Hall–Kier alpha value is -3.74. The lowest BCUT2D eigenvalue weighted by Gasteiger charge is -2.11. The molecule has 0 spiro atoms. The molecule has 3 aromatic heterocycles. The van der Waals surface area contributed by atoms with Gasteiger partial charge in [0.25, 0.3) is 0 Å². The fourth-order valence-corrected chi connectivity index (χ4v) is 3.69. The number of aryl methyl sites for hydroxylation is 1. The molecule has 0 aliphatic carbocycles. The van der Waals surface area contributed by atoms with E-state index in [0.717, 1.165) is 5.39 Å². The Balaban J connectivity index is 1.58. The van der Waals surface area contributed by atoms with Gasteiger partial charge in [0.05, 0.1) is 23.0 Å². The molecule has 5 aromatic rings.